The zero-order chi connectivity index (χ0) is 15.6. The second kappa shape index (κ2) is 6.67. The first-order chi connectivity index (χ1) is 9.95. The molecule has 5 atom stereocenters. The Morgan fingerprint density at radius 2 is 1.95 bits per heavy atom. The molecule has 5 unspecified atom stereocenters. The Hall–Kier alpha value is -1.26. The van der Waals surface area contributed by atoms with Crippen LogP contribution in [0.3, 0.4) is 0 Å². The van der Waals surface area contributed by atoms with Crippen LogP contribution in [0.15, 0.2) is 0 Å². The van der Waals surface area contributed by atoms with Gasteiger partial charge in [0.25, 0.3) is 0 Å². The lowest BCUT2D eigenvalue weighted by molar-refractivity contribution is -0.145. The number of amides is 2. The summed E-state index contributed by atoms with van der Waals surface area (Å²) < 4.78 is 0. The van der Waals surface area contributed by atoms with E-state index in [1.54, 1.807) is 0 Å². The molecule has 2 N–H and O–H groups in total. The highest BCUT2D eigenvalue weighted by Crippen LogP contribution is 2.34. The number of aliphatic carboxylic acids is 1. The van der Waals surface area contributed by atoms with E-state index in [4.69, 9.17) is 0 Å². The number of hydrogen-bond acceptors (Lipinski definition) is 2. The molecule has 1 aliphatic heterocycles. The first kappa shape index (κ1) is 16.1. The fraction of sp³-hybridized carbons (Fsp3) is 0.875. The highest BCUT2D eigenvalue weighted by atomic mass is 16.4. The Bertz CT molecular complexity index is 399. The molecule has 1 aliphatic carbocycles. The summed E-state index contributed by atoms with van der Waals surface area (Å²) in [7, 11) is 0. The van der Waals surface area contributed by atoms with Gasteiger partial charge in [0.15, 0.2) is 0 Å². The van der Waals surface area contributed by atoms with Crippen LogP contribution in [0.1, 0.15) is 52.9 Å². The monoisotopic (exact) mass is 296 g/mol. The van der Waals surface area contributed by atoms with E-state index >= 15 is 0 Å². The fourth-order valence-corrected chi connectivity index (χ4v) is 4.06. The molecule has 21 heavy (non-hydrogen) atoms. The maximum atomic E-state index is 12.5. The summed E-state index contributed by atoms with van der Waals surface area (Å²) in [5.74, 6) is 0.282. The van der Waals surface area contributed by atoms with Crippen molar-refractivity contribution in [2.75, 3.05) is 6.54 Å². The first-order valence-electron chi connectivity index (χ1n) is 8.25. The largest absolute Gasteiger partial charge is 0.480 e. The molecular formula is C16H28N2O3. The Balaban J connectivity index is 2.00. The van der Waals surface area contributed by atoms with Gasteiger partial charge in [-0.05, 0) is 43.4 Å². The van der Waals surface area contributed by atoms with Crippen molar-refractivity contribution in [2.45, 2.75) is 65.0 Å². The van der Waals surface area contributed by atoms with E-state index in [0.717, 1.165) is 32.1 Å². The molecule has 120 valence electrons. The van der Waals surface area contributed by atoms with Gasteiger partial charge in [-0.1, -0.05) is 27.2 Å². The molecule has 2 aliphatic rings. The first-order valence-corrected chi connectivity index (χ1v) is 8.25. The van der Waals surface area contributed by atoms with Crippen molar-refractivity contribution >= 4 is 12.0 Å². The van der Waals surface area contributed by atoms with Crippen molar-refractivity contribution in [3.05, 3.63) is 0 Å². The van der Waals surface area contributed by atoms with E-state index in [1.807, 2.05) is 6.92 Å². The summed E-state index contributed by atoms with van der Waals surface area (Å²) in [6, 6.07) is -0.686. The van der Waals surface area contributed by atoms with Gasteiger partial charge in [0.2, 0.25) is 0 Å². The van der Waals surface area contributed by atoms with E-state index in [2.05, 4.69) is 19.2 Å². The van der Waals surface area contributed by atoms with E-state index in [0.29, 0.717) is 18.4 Å². The molecule has 0 spiro atoms. The average molecular weight is 296 g/mol. The minimum absolute atomic E-state index is 0.0198. The number of carbonyl (C=O) groups excluding carboxylic acids is 1. The van der Waals surface area contributed by atoms with Crippen LogP contribution in [0.5, 0.6) is 0 Å². The topological polar surface area (TPSA) is 69.6 Å². The molecule has 5 nitrogen and oxygen atoms in total. The lowest BCUT2D eigenvalue weighted by Gasteiger charge is -2.38. The predicted molar refractivity (Wildman–Crippen MR) is 81.0 cm³/mol. The zero-order valence-corrected chi connectivity index (χ0v) is 13.3. The Labute approximate surface area is 127 Å². The molecule has 2 rings (SSSR count). The quantitative estimate of drug-likeness (QED) is 0.841. The summed E-state index contributed by atoms with van der Waals surface area (Å²) >= 11 is 0. The third-order valence-corrected chi connectivity index (χ3v) is 5.51. The Kier molecular flexibility index (Phi) is 5.12. The van der Waals surface area contributed by atoms with Crippen LogP contribution in [0.25, 0.3) is 0 Å². The standard InChI is InChI=1S/C16H28N2O3/c1-4-12-7-8-13(11(12)3)17-16(21)18-9-5-6-10(2)14(18)15(19)20/h10-14H,4-9H2,1-3H3,(H,17,21)(H,19,20). The van der Waals surface area contributed by atoms with Crippen LogP contribution >= 0.6 is 0 Å². The SMILES string of the molecule is CCC1CCC(NC(=O)N2CCCC(C)C2C(=O)O)C1C. The molecule has 2 amide bonds. The van der Waals surface area contributed by atoms with E-state index < -0.39 is 12.0 Å². The summed E-state index contributed by atoms with van der Waals surface area (Å²) in [4.78, 5) is 25.5. The summed E-state index contributed by atoms with van der Waals surface area (Å²) in [5.41, 5.74) is 0. The van der Waals surface area contributed by atoms with Gasteiger partial charge in [-0.2, -0.15) is 0 Å². The molecule has 1 saturated heterocycles. The lowest BCUT2D eigenvalue weighted by Crippen LogP contribution is -2.56. The smallest absolute Gasteiger partial charge is 0.326 e. The maximum Gasteiger partial charge on any atom is 0.326 e. The Morgan fingerprint density at radius 1 is 1.24 bits per heavy atom. The summed E-state index contributed by atoms with van der Waals surface area (Å²) in [6.07, 6.45) is 5.06. The second-order valence-corrected chi connectivity index (χ2v) is 6.76. The number of carboxylic acids is 1. The number of likely N-dealkylation sites (tertiary alicyclic amines) is 1. The molecule has 1 saturated carbocycles. The zero-order valence-electron chi connectivity index (χ0n) is 13.3. The van der Waals surface area contributed by atoms with Crippen molar-refractivity contribution in [3.8, 4) is 0 Å². The molecular weight excluding hydrogens is 268 g/mol. The molecule has 0 radical (unpaired) electrons. The number of carbonyl (C=O) groups is 2. The number of carboxylic acid groups (broad SMARTS) is 1. The number of nitrogens with zero attached hydrogens (tertiary/aromatic N) is 1. The van der Waals surface area contributed by atoms with Crippen molar-refractivity contribution < 1.29 is 14.7 Å². The van der Waals surface area contributed by atoms with Gasteiger partial charge in [-0.3, -0.25) is 0 Å². The van der Waals surface area contributed by atoms with Crippen LogP contribution in [-0.2, 0) is 4.79 Å². The molecule has 0 aromatic carbocycles. The highest BCUT2D eigenvalue weighted by molar-refractivity contribution is 5.83. The number of nitrogens with one attached hydrogen (secondary N) is 1. The van der Waals surface area contributed by atoms with Crippen molar-refractivity contribution in [3.63, 3.8) is 0 Å². The Morgan fingerprint density at radius 3 is 2.52 bits per heavy atom. The summed E-state index contributed by atoms with van der Waals surface area (Å²) in [5, 5.41) is 12.5. The van der Waals surface area contributed by atoms with Gasteiger partial charge in [0, 0.05) is 12.6 Å². The van der Waals surface area contributed by atoms with Crippen LogP contribution in [0.2, 0.25) is 0 Å². The van der Waals surface area contributed by atoms with Gasteiger partial charge < -0.3 is 15.3 Å². The molecule has 5 heteroatoms. The predicted octanol–water partition coefficient (Wildman–Crippen LogP) is 2.71. The molecule has 0 bridgehead atoms. The van der Waals surface area contributed by atoms with Gasteiger partial charge in [0.1, 0.15) is 6.04 Å². The van der Waals surface area contributed by atoms with Gasteiger partial charge >= 0.3 is 12.0 Å². The van der Waals surface area contributed by atoms with Crippen LogP contribution in [-0.4, -0.2) is 40.6 Å². The lowest BCUT2D eigenvalue weighted by atomic mass is 9.91. The second-order valence-electron chi connectivity index (χ2n) is 6.76. The summed E-state index contributed by atoms with van der Waals surface area (Å²) in [6.45, 7) is 6.85. The maximum absolute atomic E-state index is 12.5. The van der Waals surface area contributed by atoms with Crippen LogP contribution in [0, 0.1) is 17.8 Å². The van der Waals surface area contributed by atoms with Crippen molar-refractivity contribution in [1.82, 2.24) is 10.2 Å². The molecule has 0 aromatic heterocycles. The normalized spacial score (nSPS) is 36.5. The minimum Gasteiger partial charge on any atom is -0.480 e. The molecule has 1 heterocycles. The average Bonchev–Trinajstić information content (AvgIpc) is 2.78. The minimum atomic E-state index is -0.886. The number of piperidine rings is 1. The van der Waals surface area contributed by atoms with E-state index in [9.17, 15) is 14.7 Å². The van der Waals surface area contributed by atoms with E-state index in [1.165, 1.54) is 4.90 Å². The molecule has 2 fully saturated rings. The third kappa shape index (κ3) is 3.33. The van der Waals surface area contributed by atoms with Crippen LogP contribution < -0.4 is 5.32 Å². The van der Waals surface area contributed by atoms with E-state index in [-0.39, 0.29) is 18.0 Å². The van der Waals surface area contributed by atoms with Crippen LogP contribution in [0.4, 0.5) is 4.79 Å². The number of urea groups is 1. The number of hydrogen-bond donors (Lipinski definition) is 2. The van der Waals surface area contributed by atoms with Crippen molar-refractivity contribution in [1.29, 1.82) is 0 Å². The number of rotatable bonds is 3. The van der Waals surface area contributed by atoms with Gasteiger partial charge in [-0.25, -0.2) is 9.59 Å². The highest BCUT2D eigenvalue weighted by Gasteiger charge is 2.39. The van der Waals surface area contributed by atoms with Gasteiger partial charge in [0.05, 0.1) is 0 Å². The molecule has 0 aromatic rings. The fourth-order valence-electron chi connectivity index (χ4n) is 4.06. The third-order valence-electron chi connectivity index (χ3n) is 5.51. The van der Waals surface area contributed by atoms with Crippen molar-refractivity contribution in [2.24, 2.45) is 17.8 Å². The van der Waals surface area contributed by atoms with Gasteiger partial charge in [-0.15, -0.1) is 0 Å².